The van der Waals surface area contributed by atoms with Crippen molar-refractivity contribution in [2.75, 3.05) is 20.2 Å². The number of halogens is 3. The Balaban J connectivity index is 0.000000593. The van der Waals surface area contributed by atoms with Crippen molar-refractivity contribution in [3.8, 4) is 0 Å². The summed E-state index contributed by atoms with van der Waals surface area (Å²) in [5.41, 5.74) is 0.307. The first-order valence-electron chi connectivity index (χ1n) is 7.57. The van der Waals surface area contributed by atoms with E-state index >= 15 is 0 Å². The number of rotatable bonds is 2. The predicted octanol–water partition coefficient (Wildman–Crippen LogP) is 3.87. The lowest BCUT2D eigenvalue weighted by atomic mass is 9.88. The molecule has 23 heavy (non-hydrogen) atoms. The summed E-state index contributed by atoms with van der Waals surface area (Å²) in [7, 11) is 1.31. The van der Waals surface area contributed by atoms with Gasteiger partial charge in [-0.15, -0.1) is 0 Å². The molecule has 130 valence electrons. The molecule has 1 unspecified atom stereocenters. The average Bonchev–Trinajstić information content (AvgIpc) is 2.52. The summed E-state index contributed by atoms with van der Waals surface area (Å²) in [5.74, 6) is -3.57. The number of nitrogens with zero attached hydrogens (tertiary/aromatic N) is 1. The molecule has 1 aromatic carbocycles. The van der Waals surface area contributed by atoms with Crippen molar-refractivity contribution in [2.24, 2.45) is 0 Å². The molecule has 1 aromatic rings. The Labute approximate surface area is 135 Å². The molecule has 0 amide bonds. The summed E-state index contributed by atoms with van der Waals surface area (Å²) in [5, 5.41) is 0. The highest BCUT2D eigenvalue weighted by Crippen LogP contribution is 2.32. The van der Waals surface area contributed by atoms with Crippen molar-refractivity contribution < 1.29 is 22.7 Å². The molecular weight excluding hydrogens is 307 g/mol. The fraction of sp³-hybridized carbons (Fsp3) is 0.588. The predicted molar refractivity (Wildman–Crippen MR) is 82.7 cm³/mol. The number of benzene rings is 1. The van der Waals surface area contributed by atoms with Crippen LogP contribution in [0.3, 0.4) is 0 Å². The first-order chi connectivity index (χ1) is 10.7. The molecule has 1 aliphatic rings. The fourth-order valence-corrected chi connectivity index (χ4v) is 2.70. The van der Waals surface area contributed by atoms with Crippen molar-refractivity contribution >= 4 is 6.47 Å². The van der Waals surface area contributed by atoms with Crippen LogP contribution in [0.4, 0.5) is 13.2 Å². The number of ether oxygens (including phenoxy) is 1. The molecule has 1 fully saturated rings. The van der Waals surface area contributed by atoms with Gasteiger partial charge in [0.25, 0.3) is 6.47 Å². The molecule has 2 rings (SSSR count). The SMILES string of the molecule is CC(C)(C)N1CCCC(c2ccc(F)c(F)c2F)C1.COC=O. The van der Waals surface area contributed by atoms with E-state index in [1.54, 1.807) is 0 Å². The maximum atomic E-state index is 13.8. The van der Waals surface area contributed by atoms with Crippen LogP contribution in [-0.2, 0) is 9.53 Å². The molecule has 3 nitrogen and oxygen atoms in total. The summed E-state index contributed by atoms with van der Waals surface area (Å²) >= 11 is 0. The van der Waals surface area contributed by atoms with Crippen molar-refractivity contribution in [1.29, 1.82) is 0 Å². The highest BCUT2D eigenvalue weighted by Gasteiger charge is 2.30. The molecule has 1 aliphatic heterocycles. The normalized spacial score (nSPS) is 18.8. The number of carbonyl (C=O) groups excluding carboxylic acids is 1. The quantitative estimate of drug-likeness (QED) is 0.608. The largest absolute Gasteiger partial charge is 0.471 e. The van der Waals surface area contributed by atoms with E-state index in [1.807, 2.05) is 0 Å². The number of methoxy groups -OCH3 is 1. The van der Waals surface area contributed by atoms with Crippen LogP contribution in [0.1, 0.15) is 45.1 Å². The van der Waals surface area contributed by atoms with Gasteiger partial charge in [-0.1, -0.05) is 6.07 Å². The Kier molecular flexibility index (Phi) is 7.06. The van der Waals surface area contributed by atoms with E-state index in [-0.39, 0.29) is 11.5 Å². The fourth-order valence-electron chi connectivity index (χ4n) is 2.70. The lowest BCUT2D eigenvalue weighted by Gasteiger charge is -2.41. The molecule has 6 heteroatoms. The number of piperidine rings is 1. The van der Waals surface area contributed by atoms with Gasteiger partial charge in [0.05, 0.1) is 7.11 Å². The van der Waals surface area contributed by atoms with Crippen molar-refractivity contribution in [2.45, 2.75) is 45.1 Å². The maximum Gasteiger partial charge on any atom is 0.292 e. The third-order valence-corrected chi connectivity index (χ3v) is 3.97. The van der Waals surface area contributed by atoms with Crippen LogP contribution < -0.4 is 0 Å². The minimum absolute atomic E-state index is 0.00766. The molecule has 1 heterocycles. The van der Waals surface area contributed by atoms with Gasteiger partial charge in [-0.3, -0.25) is 9.69 Å². The lowest BCUT2D eigenvalue weighted by molar-refractivity contribution is -0.126. The van der Waals surface area contributed by atoms with E-state index in [0.29, 0.717) is 18.6 Å². The molecule has 0 aliphatic carbocycles. The van der Waals surface area contributed by atoms with Crippen LogP contribution in [0.25, 0.3) is 0 Å². The molecule has 0 saturated carbocycles. The third-order valence-electron chi connectivity index (χ3n) is 3.97. The van der Waals surface area contributed by atoms with Crippen LogP contribution in [0.5, 0.6) is 0 Å². The van der Waals surface area contributed by atoms with E-state index in [1.165, 1.54) is 13.2 Å². The highest BCUT2D eigenvalue weighted by atomic mass is 19.2. The highest BCUT2D eigenvalue weighted by molar-refractivity contribution is 5.36. The second kappa shape index (κ2) is 8.34. The molecule has 0 aromatic heterocycles. The average molecular weight is 331 g/mol. The zero-order valence-electron chi connectivity index (χ0n) is 14.0. The summed E-state index contributed by atoms with van der Waals surface area (Å²) in [4.78, 5) is 11.2. The summed E-state index contributed by atoms with van der Waals surface area (Å²) in [6, 6.07) is 2.40. The van der Waals surface area contributed by atoms with Gasteiger partial charge in [0.15, 0.2) is 17.5 Å². The minimum atomic E-state index is -1.36. The van der Waals surface area contributed by atoms with Crippen LogP contribution in [0.15, 0.2) is 12.1 Å². The van der Waals surface area contributed by atoms with E-state index < -0.39 is 17.5 Å². The summed E-state index contributed by atoms with van der Waals surface area (Å²) < 4.78 is 44.0. The zero-order valence-corrected chi connectivity index (χ0v) is 14.0. The molecule has 0 radical (unpaired) electrons. The van der Waals surface area contributed by atoms with E-state index in [0.717, 1.165) is 25.5 Å². The van der Waals surface area contributed by atoms with Crippen LogP contribution in [0.2, 0.25) is 0 Å². The molecule has 1 saturated heterocycles. The van der Waals surface area contributed by atoms with Gasteiger partial charge >= 0.3 is 0 Å². The lowest BCUT2D eigenvalue weighted by Crippen LogP contribution is -2.46. The molecular formula is C17H24F3NO2. The minimum Gasteiger partial charge on any atom is -0.471 e. The Morgan fingerprint density at radius 2 is 1.83 bits per heavy atom. The van der Waals surface area contributed by atoms with Gasteiger partial charge in [0, 0.05) is 12.1 Å². The van der Waals surface area contributed by atoms with E-state index in [9.17, 15) is 13.2 Å². The van der Waals surface area contributed by atoms with Gasteiger partial charge in [-0.25, -0.2) is 13.2 Å². The standard InChI is InChI=1S/C15H20F3N.C2H4O2/c1-15(2,3)19-8-4-5-10(9-19)11-6-7-12(16)14(18)13(11)17;1-4-2-3/h6-7,10H,4-5,8-9H2,1-3H3;2H,1H3. The van der Waals surface area contributed by atoms with Gasteiger partial charge in [-0.2, -0.15) is 0 Å². The second-order valence-electron chi connectivity index (χ2n) is 6.55. The Morgan fingerprint density at radius 3 is 2.35 bits per heavy atom. The number of likely N-dealkylation sites (tertiary alicyclic amines) is 1. The van der Waals surface area contributed by atoms with Crippen molar-refractivity contribution in [1.82, 2.24) is 4.90 Å². The molecule has 0 spiro atoms. The first-order valence-corrected chi connectivity index (χ1v) is 7.57. The van der Waals surface area contributed by atoms with Gasteiger partial charge in [0.1, 0.15) is 0 Å². The van der Waals surface area contributed by atoms with Gasteiger partial charge < -0.3 is 4.74 Å². The smallest absolute Gasteiger partial charge is 0.292 e. The number of carbonyl (C=O) groups is 1. The summed E-state index contributed by atoms with van der Waals surface area (Å²) in [6.07, 6.45) is 1.76. The zero-order chi connectivity index (χ0) is 17.6. The van der Waals surface area contributed by atoms with Crippen molar-refractivity contribution in [3.63, 3.8) is 0 Å². The Bertz CT molecular complexity index is 529. The van der Waals surface area contributed by atoms with E-state index in [4.69, 9.17) is 4.79 Å². The van der Waals surface area contributed by atoms with Crippen molar-refractivity contribution in [3.05, 3.63) is 35.1 Å². The van der Waals surface area contributed by atoms with E-state index in [2.05, 4.69) is 30.4 Å². The second-order valence-corrected chi connectivity index (χ2v) is 6.55. The van der Waals surface area contributed by atoms with Gasteiger partial charge in [-0.05, 0) is 57.7 Å². The monoisotopic (exact) mass is 331 g/mol. The summed E-state index contributed by atoms with van der Waals surface area (Å²) in [6.45, 7) is 8.35. The topological polar surface area (TPSA) is 29.5 Å². The number of hydrogen-bond donors (Lipinski definition) is 0. The van der Waals surface area contributed by atoms with Crippen LogP contribution >= 0.6 is 0 Å². The molecule has 1 atom stereocenters. The van der Waals surface area contributed by atoms with Crippen LogP contribution in [0, 0.1) is 17.5 Å². The molecule has 0 N–H and O–H groups in total. The van der Waals surface area contributed by atoms with Gasteiger partial charge in [0.2, 0.25) is 0 Å². The maximum absolute atomic E-state index is 13.8. The number of hydrogen-bond acceptors (Lipinski definition) is 3. The third kappa shape index (κ3) is 5.23. The molecule has 0 bridgehead atoms. The first kappa shape index (κ1) is 19.5. The van der Waals surface area contributed by atoms with Crippen LogP contribution in [-0.4, -0.2) is 37.1 Å². The Hall–Kier alpha value is -1.56. The Morgan fingerprint density at radius 1 is 1.22 bits per heavy atom.